The predicted molar refractivity (Wildman–Crippen MR) is 181 cm³/mol. The summed E-state index contributed by atoms with van der Waals surface area (Å²) < 4.78 is 9.21. The van der Waals surface area contributed by atoms with E-state index >= 15 is 0 Å². The lowest BCUT2D eigenvalue weighted by Gasteiger charge is -2.42. The van der Waals surface area contributed by atoms with Crippen molar-refractivity contribution in [2.45, 2.75) is 25.7 Å². The van der Waals surface area contributed by atoms with Crippen molar-refractivity contribution in [3.63, 3.8) is 0 Å². The Balaban J connectivity index is 1.19. The topological polar surface area (TPSA) is 12.5 Å². The fourth-order valence-corrected chi connectivity index (χ4v) is 8.19. The summed E-state index contributed by atoms with van der Waals surface area (Å²) in [6.45, 7) is 4.73. The molecule has 7 aromatic rings. The summed E-state index contributed by atoms with van der Waals surface area (Å²) in [5.74, 6) is 1.88. The van der Waals surface area contributed by atoms with Gasteiger partial charge in [-0.1, -0.05) is 92.7 Å². The Morgan fingerprint density at radius 2 is 1.40 bits per heavy atom. The number of para-hydroxylation sites is 1. The van der Waals surface area contributed by atoms with Crippen LogP contribution >= 0.6 is 11.3 Å². The first-order valence-corrected chi connectivity index (χ1v) is 15.7. The third-order valence-electron chi connectivity index (χ3n) is 9.30. The minimum absolute atomic E-state index is 0.125. The average Bonchev–Trinajstić information content (AvgIpc) is 3.41. The Bertz CT molecular complexity index is 2230. The minimum atomic E-state index is -0.125. The molecule has 6 aromatic carbocycles. The zero-order valence-electron chi connectivity index (χ0n) is 24.1. The molecule has 1 aromatic heterocycles. The Morgan fingerprint density at radius 3 is 2.30 bits per heavy atom. The number of hydrogen-bond acceptors (Lipinski definition) is 3. The molecule has 0 unspecified atom stereocenters. The van der Waals surface area contributed by atoms with Gasteiger partial charge in [-0.25, -0.2) is 0 Å². The van der Waals surface area contributed by atoms with Gasteiger partial charge in [0.25, 0.3) is 0 Å². The Morgan fingerprint density at radius 1 is 0.581 bits per heavy atom. The number of ether oxygens (including phenoxy) is 1. The van der Waals surface area contributed by atoms with Crippen molar-refractivity contribution in [1.29, 1.82) is 0 Å². The van der Waals surface area contributed by atoms with Crippen LogP contribution < -0.4 is 9.64 Å². The van der Waals surface area contributed by atoms with Crippen molar-refractivity contribution < 1.29 is 4.74 Å². The number of rotatable bonds is 2. The zero-order chi connectivity index (χ0) is 28.7. The van der Waals surface area contributed by atoms with Gasteiger partial charge in [-0.2, -0.15) is 0 Å². The lowest BCUT2D eigenvalue weighted by molar-refractivity contribution is 0.460. The second-order valence-corrected chi connectivity index (χ2v) is 13.3. The van der Waals surface area contributed by atoms with Crippen LogP contribution in [0, 0.1) is 0 Å². The summed E-state index contributed by atoms with van der Waals surface area (Å²) in [5.41, 5.74) is 11.0. The van der Waals surface area contributed by atoms with Crippen LogP contribution in [0.3, 0.4) is 0 Å². The van der Waals surface area contributed by atoms with Gasteiger partial charge in [0.15, 0.2) is 0 Å². The smallest absolute Gasteiger partial charge is 0.131 e. The zero-order valence-corrected chi connectivity index (χ0v) is 24.9. The number of fused-ring (bicyclic) bond motifs is 7. The van der Waals surface area contributed by atoms with Crippen LogP contribution in [-0.2, 0) is 11.8 Å². The van der Waals surface area contributed by atoms with Gasteiger partial charge in [-0.3, -0.25) is 0 Å². The van der Waals surface area contributed by atoms with Crippen molar-refractivity contribution in [1.82, 2.24) is 0 Å². The van der Waals surface area contributed by atoms with E-state index in [1.165, 1.54) is 64.9 Å². The van der Waals surface area contributed by atoms with E-state index in [9.17, 15) is 0 Å². The molecule has 3 heteroatoms. The van der Waals surface area contributed by atoms with Gasteiger partial charge in [-0.15, -0.1) is 11.3 Å². The molecule has 2 aliphatic rings. The standard InChI is InChI=1S/C40H29NOS/c1-40(2)32-13-7-8-14-34(32)41(35-23-31-30-12-6-9-15-38(30)43-39(31)24-33(35)40)29-18-19-36-28(21-29)20-27-17-16-26(22-37(27)42-36)25-10-4-3-5-11-25/h3-19,21-24H,20H2,1-2H3. The highest BCUT2D eigenvalue weighted by atomic mass is 32.1. The number of nitrogens with zero attached hydrogens (tertiary/aromatic N) is 1. The second-order valence-electron chi connectivity index (χ2n) is 12.2. The van der Waals surface area contributed by atoms with E-state index in [1.807, 2.05) is 11.3 Å². The first-order valence-electron chi connectivity index (χ1n) is 14.9. The summed E-state index contributed by atoms with van der Waals surface area (Å²) in [6.07, 6.45) is 0.843. The minimum Gasteiger partial charge on any atom is -0.457 e. The summed E-state index contributed by atoms with van der Waals surface area (Å²) in [5, 5.41) is 2.65. The molecule has 0 radical (unpaired) electrons. The molecule has 3 heterocycles. The molecule has 0 N–H and O–H groups in total. The highest BCUT2D eigenvalue weighted by Gasteiger charge is 2.37. The first-order chi connectivity index (χ1) is 21.0. The van der Waals surface area contributed by atoms with Gasteiger partial charge < -0.3 is 9.64 Å². The molecule has 0 spiro atoms. The van der Waals surface area contributed by atoms with E-state index in [2.05, 4.69) is 146 Å². The lowest BCUT2D eigenvalue weighted by Crippen LogP contribution is -2.30. The highest BCUT2D eigenvalue weighted by Crippen LogP contribution is 2.54. The number of anilines is 3. The molecule has 0 bridgehead atoms. The van der Waals surface area contributed by atoms with Crippen LogP contribution in [0.25, 0.3) is 31.3 Å². The Kier molecular flexibility index (Phi) is 5.21. The number of hydrogen-bond donors (Lipinski definition) is 0. The molecular formula is C40H29NOS. The Hall–Kier alpha value is -4.86. The van der Waals surface area contributed by atoms with Crippen LogP contribution in [0.15, 0.2) is 127 Å². The quantitative estimate of drug-likeness (QED) is 0.205. The van der Waals surface area contributed by atoms with Gasteiger partial charge in [-0.05, 0) is 76.3 Å². The maximum absolute atomic E-state index is 6.53. The monoisotopic (exact) mass is 571 g/mol. The molecule has 2 nitrogen and oxygen atoms in total. The van der Waals surface area contributed by atoms with Crippen LogP contribution in [-0.4, -0.2) is 0 Å². The molecule has 0 fully saturated rings. The van der Waals surface area contributed by atoms with Crippen LogP contribution in [0.2, 0.25) is 0 Å². The molecule has 2 aliphatic heterocycles. The van der Waals surface area contributed by atoms with E-state index in [-0.39, 0.29) is 5.41 Å². The number of benzene rings is 6. The summed E-state index contributed by atoms with van der Waals surface area (Å²) in [6, 6.07) is 46.4. The van der Waals surface area contributed by atoms with E-state index in [0.717, 1.165) is 23.6 Å². The maximum Gasteiger partial charge on any atom is 0.131 e. The van der Waals surface area contributed by atoms with Crippen molar-refractivity contribution >= 4 is 48.6 Å². The van der Waals surface area contributed by atoms with E-state index < -0.39 is 0 Å². The lowest BCUT2D eigenvalue weighted by atomic mass is 9.73. The average molecular weight is 572 g/mol. The predicted octanol–water partition coefficient (Wildman–Crippen LogP) is 11.5. The molecule has 0 aliphatic carbocycles. The summed E-state index contributed by atoms with van der Waals surface area (Å²) >= 11 is 1.89. The SMILES string of the molecule is CC1(C)c2ccccc2N(c2ccc3c(c2)Cc2ccc(-c4ccccc4)cc2O3)c2cc3c(cc21)sc1ccccc13. The van der Waals surface area contributed by atoms with E-state index in [0.29, 0.717) is 0 Å². The largest absolute Gasteiger partial charge is 0.457 e. The van der Waals surface area contributed by atoms with E-state index in [4.69, 9.17) is 4.74 Å². The van der Waals surface area contributed by atoms with Gasteiger partial charge in [0, 0.05) is 43.3 Å². The van der Waals surface area contributed by atoms with Crippen molar-refractivity contribution in [2.75, 3.05) is 4.90 Å². The van der Waals surface area contributed by atoms with Gasteiger partial charge in [0.1, 0.15) is 11.5 Å². The fraction of sp³-hybridized carbons (Fsp3) is 0.100. The van der Waals surface area contributed by atoms with Crippen LogP contribution in [0.4, 0.5) is 17.1 Å². The molecule has 0 saturated heterocycles. The molecule has 0 atom stereocenters. The molecule has 9 rings (SSSR count). The second kappa shape index (κ2) is 9.07. The fourth-order valence-electron chi connectivity index (χ4n) is 7.07. The molecule has 206 valence electrons. The number of thiophene rings is 1. The summed E-state index contributed by atoms with van der Waals surface area (Å²) in [7, 11) is 0. The Labute approximate surface area is 255 Å². The normalized spacial score (nSPS) is 14.5. The van der Waals surface area contributed by atoms with Gasteiger partial charge >= 0.3 is 0 Å². The van der Waals surface area contributed by atoms with Gasteiger partial charge in [0.2, 0.25) is 0 Å². The molecule has 0 amide bonds. The van der Waals surface area contributed by atoms with Crippen molar-refractivity contribution in [3.8, 4) is 22.6 Å². The van der Waals surface area contributed by atoms with Crippen molar-refractivity contribution in [2.24, 2.45) is 0 Å². The third-order valence-corrected chi connectivity index (χ3v) is 10.4. The third kappa shape index (κ3) is 3.71. The summed E-state index contributed by atoms with van der Waals surface area (Å²) in [4.78, 5) is 2.47. The van der Waals surface area contributed by atoms with E-state index in [1.54, 1.807) is 0 Å². The van der Waals surface area contributed by atoms with Crippen molar-refractivity contribution in [3.05, 3.63) is 150 Å². The highest BCUT2D eigenvalue weighted by molar-refractivity contribution is 7.25. The van der Waals surface area contributed by atoms with Gasteiger partial charge in [0.05, 0.1) is 11.4 Å². The maximum atomic E-state index is 6.53. The molecule has 43 heavy (non-hydrogen) atoms. The van der Waals surface area contributed by atoms with Crippen LogP contribution in [0.5, 0.6) is 11.5 Å². The van der Waals surface area contributed by atoms with Crippen LogP contribution in [0.1, 0.15) is 36.1 Å². The first kappa shape index (κ1) is 24.7. The molecule has 0 saturated carbocycles. The molecular weight excluding hydrogens is 543 g/mol.